The van der Waals surface area contributed by atoms with Crippen molar-refractivity contribution < 1.29 is 0 Å². The molecule has 0 amide bonds. The van der Waals surface area contributed by atoms with Gasteiger partial charge in [-0.05, 0) is 5.92 Å². The third kappa shape index (κ3) is 6.22. The van der Waals surface area contributed by atoms with Gasteiger partial charge < -0.3 is 0 Å². The molecule has 0 saturated heterocycles. The Labute approximate surface area is 49.7 Å². The summed E-state index contributed by atoms with van der Waals surface area (Å²) < 4.78 is 0. The Balaban J connectivity index is 2.68. The molecule has 0 heterocycles. The van der Waals surface area contributed by atoms with Crippen LogP contribution >= 0.6 is 0 Å². The average Bonchev–Trinajstić information content (AvgIpc) is 1.61. The summed E-state index contributed by atoms with van der Waals surface area (Å²) in [6, 6.07) is 1.37. The van der Waals surface area contributed by atoms with Crippen LogP contribution in [0.5, 0.6) is 0 Å². The SMILES string of the molecule is CC(C)CCC[SiH2-]. The van der Waals surface area contributed by atoms with Crippen molar-refractivity contribution in [3.8, 4) is 0 Å². The molecule has 44 valence electrons. The van der Waals surface area contributed by atoms with Gasteiger partial charge in [0, 0.05) is 0 Å². The Bertz CT molecular complexity index is 33.2. The van der Waals surface area contributed by atoms with E-state index < -0.39 is 0 Å². The molecular weight excluding hydrogens is 100 g/mol. The molecule has 0 aromatic heterocycles. The van der Waals surface area contributed by atoms with E-state index in [4.69, 9.17) is 0 Å². The van der Waals surface area contributed by atoms with Crippen molar-refractivity contribution in [2.24, 2.45) is 5.92 Å². The highest BCUT2D eigenvalue weighted by molar-refractivity contribution is 6.08. The molecule has 0 unspecified atom stereocenters. The molecule has 0 aliphatic heterocycles. The van der Waals surface area contributed by atoms with E-state index in [1.165, 1.54) is 18.9 Å². The van der Waals surface area contributed by atoms with Gasteiger partial charge in [0.1, 0.15) is 0 Å². The molecule has 0 rings (SSSR count). The highest BCUT2D eigenvalue weighted by Gasteiger charge is 1.86. The minimum Gasteiger partial charge on any atom is -0.296 e. The molecule has 1 heteroatoms. The van der Waals surface area contributed by atoms with Gasteiger partial charge in [0.25, 0.3) is 0 Å². The van der Waals surface area contributed by atoms with Crippen molar-refractivity contribution in [3.05, 3.63) is 0 Å². The van der Waals surface area contributed by atoms with Crippen molar-refractivity contribution in [2.45, 2.75) is 32.7 Å². The zero-order valence-electron chi connectivity index (χ0n) is 5.41. The van der Waals surface area contributed by atoms with Crippen LogP contribution in [0.25, 0.3) is 0 Å². The fraction of sp³-hybridized carbons (Fsp3) is 1.00. The Hall–Kier alpha value is 0.217. The van der Waals surface area contributed by atoms with Crippen LogP contribution in [0, 0.1) is 5.92 Å². The summed E-state index contributed by atoms with van der Waals surface area (Å²) >= 11 is 0. The zero-order valence-corrected chi connectivity index (χ0v) is 6.82. The first-order valence-corrected chi connectivity index (χ1v) is 4.06. The van der Waals surface area contributed by atoms with E-state index in [0.717, 1.165) is 5.92 Å². The van der Waals surface area contributed by atoms with Crippen molar-refractivity contribution in [1.82, 2.24) is 0 Å². The van der Waals surface area contributed by atoms with Gasteiger partial charge >= 0.3 is 0 Å². The van der Waals surface area contributed by atoms with E-state index >= 15 is 0 Å². The normalized spacial score (nSPS) is 10.3. The summed E-state index contributed by atoms with van der Waals surface area (Å²) in [6.07, 6.45) is 2.82. The molecule has 0 aliphatic carbocycles. The quantitative estimate of drug-likeness (QED) is 0.489. The molecule has 0 N–H and O–H groups in total. The highest BCUT2D eigenvalue weighted by atomic mass is 28.1. The van der Waals surface area contributed by atoms with Crippen LogP contribution in [0.3, 0.4) is 0 Å². The lowest BCUT2D eigenvalue weighted by Crippen LogP contribution is -1.84. The van der Waals surface area contributed by atoms with Crippen molar-refractivity contribution in [1.29, 1.82) is 0 Å². The molecule has 7 heavy (non-hydrogen) atoms. The van der Waals surface area contributed by atoms with E-state index in [2.05, 4.69) is 24.1 Å². The molecule has 0 fully saturated rings. The minimum absolute atomic E-state index is 0.907. The third-order valence-corrected chi connectivity index (χ3v) is 1.53. The maximum atomic E-state index is 2.28. The van der Waals surface area contributed by atoms with Crippen LogP contribution in [0.15, 0.2) is 0 Å². The van der Waals surface area contributed by atoms with Gasteiger partial charge in [-0.15, -0.1) is 0 Å². The van der Waals surface area contributed by atoms with Crippen LogP contribution < -0.4 is 0 Å². The summed E-state index contributed by atoms with van der Waals surface area (Å²) in [6.45, 7) is 4.55. The maximum absolute atomic E-state index is 2.28. The van der Waals surface area contributed by atoms with E-state index in [-0.39, 0.29) is 0 Å². The standard InChI is InChI=1S/C6H15Si/c1-6(2)4-3-5-7/h6H,3-5,7H2,1-2H3/q-1. The minimum atomic E-state index is 0.907. The second kappa shape index (κ2) is 4.38. The first-order valence-electron chi connectivity index (χ1n) is 3.06. The molecular formula is C6H15Si-. The van der Waals surface area contributed by atoms with E-state index in [1.54, 1.807) is 0 Å². The Morgan fingerprint density at radius 3 is 2.14 bits per heavy atom. The van der Waals surface area contributed by atoms with Crippen molar-refractivity contribution >= 4 is 10.2 Å². The molecule has 0 aliphatic rings. The fourth-order valence-corrected chi connectivity index (χ4v) is 0.841. The molecule has 0 radical (unpaired) electrons. The van der Waals surface area contributed by atoms with Crippen LogP contribution in [-0.2, 0) is 0 Å². The maximum Gasteiger partial charge on any atom is -0.0472 e. The molecule has 0 aromatic rings. The largest absolute Gasteiger partial charge is 0.296 e. The summed E-state index contributed by atoms with van der Waals surface area (Å²) in [5.74, 6) is 0.907. The molecule has 0 spiro atoms. The molecule has 0 atom stereocenters. The first-order chi connectivity index (χ1) is 3.27. The predicted octanol–water partition coefficient (Wildman–Crippen LogP) is 1.47. The number of rotatable bonds is 3. The molecule has 0 nitrogen and oxygen atoms in total. The topological polar surface area (TPSA) is 0 Å². The lowest BCUT2D eigenvalue weighted by atomic mass is 10.1. The van der Waals surface area contributed by atoms with Gasteiger partial charge in [-0.1, -0.05) is 26.7 Å². The number of hydrogen-bond donors (Lipinski definition) is 0. The molecule has 0 aromatic carbocycles. The van der Waals surface area contributed by atoms with Gasteiger partial charge in [-0.2, -0.15) is 6.04 Å². The Morgan fingerprint density at radius 1 is 1.43 bits per heavy atom. The van der Waals surface area contributed by atoms with Gasteiger partial charge in [0.2, 0.25) is 0 Å². The summed E-state index contributed by atoms with van der Waals surface area (Å²) in [4.78, 5) is 0. The second-order valence-electron chi connectivity index (χ2n) is 2.39. The molecule has 0 saturated carbocycles. The van der Waals surface area contributed by atoms with Gasteiger partial charge in [-0.3, -0.25) is 10.2 Å². The Kier molecular flexibility index (Phi) is 4.51. The summed E-state index contributed by atoms with van der Waals surface area (Å²) in [5, 5.41) is 0. The van der Waals surface area contributed by atoms with E-state index in [1.807, 2.05) is 0 Å². The van der Waals surface area contributed by atoms with Gasteiger partial charge in [-0.25, -0.2) is 0 Å². The monoisotopic (exact) mass is 115 g/mol. The smallest absolute Gasteiger partial charge is 0.0472 e. The predicted molar refractivity (Wildman–Crippen MR) is 37.4 cm³/mol. The van der Waals surface area contributed by atoms with Crippen LogP contribution in [0.4, 0.5) is 0 Å². The van der Waals surface area contributed by atoms with Crippen molar-refractivity contribution in [3.63, 3.8) is 0 Å². The molecule has 0 bridgehead atoms. The van der Waals surface area contributed by atoms with E-state index in [9.17, 15) is 0 Å². The van der Waals surface area contributed by atoms with E-state index in [0.29, 0.717) is 0 Å². The van der Waals surface area contributed by atoms with Gasteiger partial charge in [0.05, 0.1) is 0 Å². The van der Waals surface area contributed by atoms with Crippen molar-refractivity contribution in [2.75, 3.05) is 0 Å². The Morgan fingerprint density at radius 2 is 2.00 bits per heavy atom. The lowest BCUT2D eigenvalue weighted by Gasteiger charge is -2.01. The second-order valence-corrected chi connectivity index (χ2v) is 3.10. The highest BCUT2D eigenvalue weighted by Crippen LogP contribution is 2.03. The average molecular weight is 115 g/mol. The fourth-order valence-electron chi connectivity index (χ4n) is 0.553. The zero-order chi connectivity index (χ0) is 5.70. The number of hydrogen-bond acceptors (Lipinski definition) is 0. The first kappa shape index (κ1) is 7.22. The summed E-state index contributed by atoms with van der Waals surface area (Å²) in [5.41, 5.74) is 0. The van der Waals surface area contributed by atoms with Gasteiger partial charge in [0.15, 0.2) is 0 Å². The third-order valence-electron chi connectivity index (χ3n) is 1.03. The van der Waals surface area contributed by atoms with Crippen LogP contribution in [-0.4, -0.2) is 10.2 Å². The van der Waals surface area contributed by atoms with Crippen LogP contribution in [0.2, 0.25) is 6.04 Å². The lowest BCUT2D eigenvalue weighted by molar-refractivity contribution is 0.576. The van der Waals surface area contributed by atoms with Crippen LogP contribution in [0.1, 0.15) is 26.7 Å². The summed E-state index contributed by atoms with van der Waals surface area (Å²) in [7, 11) is 2.07.